The summed E-state index contributed by atoms with van der Waals surface area (Å²) in [6.45, 7) is 3.94. The first-order chi connectivity index (χ1) is 8.60. The van der Waals surface area contributed by atoms with E-state index < -0.39 is 0 Å². The standard InChI is InChI=1S/C13H15N3OS/c1-8-4-5-10(9(2)6-8)12(17)16-13-15-7-11(14-3)18-13/h4-7,14H,1-3H3,(H,15,16,17). The lowest BCUT2D eigenvalue weighted by molar-refractivity contribution is 0.102. The normalized spacial score (nSPS) is 10.2. The Morgan fingerprint density at radius 1 is 1.33 bits per heavy atom. The zero-order valence-corrected chi connectivity index (χ0v) is 11.4. The van der Waals surface area contributed by atoms with Crippen LogP contribution in [-0.4, -0.2) is 17.9 Å². The van der Waals surface area contributed by atoms with Crippen LogP contribution in [0.4, 0.5) is 10.1 Å². The van der Waals surface area contributed by atoms with Crippen molar-refractivity contribution < 1.29 is 4.79 Å². The molecule has 18 heavy (non-hydrogen) atoms. The van der Waals surface area contributed by atoms with E-state index in [2.05, 4.69) is 15.6 Å². The van der Waals surface area contributed by atoms with E-state index in [0.717, 1.165) is 16.1 Å². The Hall–Kier alpha value is -1.88. The second-order valence-corrected chi connectivity index (χ2v) is 5.08. The number of rotatable bonds is 3. The molecule has 0 fully saturated rings. The van der Waals surface area contributed by atoms with Crippen LogP contribution in [0, 0.1) is 13.8 Å². The fourth-order valence-electron chi connectivity index (χ4n) is 1.68. The smallest absolute Gasteiger partial charge is 0.257 e. The van der Waals surface area contributed by atoms with Gasteiger partial charge in [0.15, 0.2) is 5.13 Å². The highest BCUT2D eigenvalue weighted by molar-refractivity contribution is 7.19. The van der Waals surface area contributed by atoms with Crippen molar-refractivity contribution in [3.63, 3.8) is 0 Å². The number of carbonyl (C=O) groups is 1. The van der Waals surface area contributed by atoms with Crippen LogP contribution in [0.1, 0.15) is 21.5 Å². The summed E-state index contributed by atoms with van der Waals surface area (Å²) in [7, 11) is 1.82. The lowest BCUT2D eigenvalue weighted by Crippen LogP contribution is -2.13. The summed E-state index contributed by atoms with van der Waals surface area (Å²) in [5.74, 6) is -0.121. The Bertz CT molecular complexity index is 577. The average molecular weight is 261 g/mol. The molecule has 2 aromatic rings. The van der Waals surface area contributed by atoms with Gasteiger partial charge >= 0.3 is 0 Å². The fraction of sp³-hybridized carbons (Fsp3) is 0.231. The summed E-state index contributed by atoms with van der Waals surface area (Å²) in [6.07, 6.45) is 1.70. The van der Waals surface area contributed by atoms with E-state index in [4.69, 9.17) is 0 Å². The third-order valence-electron chi connectivity index (χ3n) is 2.60. The summed E-state index contributed by atoms with van der Waals surface area (Å²) in [5.41, 5.74) is 2.80. The topological polar surface area (TPSA) is 54.0 Å². The molecule has 0 atom stereocenters. The Labute approximate surface area is 110 Å². The summed E-state index contributed by atoms with van der Waals surface area (Å²) < 4.78 is 0. The molecule has 0 spiro atoms. The SMILES string of the molecule is CNc1cnc(NC(=O)c2ccc(C)cc2C)s1. The Morgan fingerprint density at radius 3 is 2.72 bits per heavy atom. The van der Waals surface area contributed by atoms with Crippen molar-refractivity contribution in [3.8, 4) is 0 Å². The molecule has 1 aromatic heterocycles. The quantitative estimate of drug-likeness (QED) is 0.892. The Kier molecular flexibility index (Phi) is 3.62. The molecule has 0 saturated carbocycles. The van der Waals surface area contributed by atoms with Crippen LogP contribution in [0.3, 0.4) is 0 Å². The number of amides is 1. The molecule has 2 N–H and O–H groups in total. The Balaban J connectivity index is 2.16. The van der Waals surface area contributed by atoms with Gasteiger partial charge in [0.25, 0.3) is 5.91 Å². The molecule has 0 saturated heterocycles. The number of aromatic nitrogens is 1. The van der Waals surface area contributed by atoms with Gasteiger partial charge < -0.3 is 5.32 Å². The van der Waals surface area contributed by atoms with Crippen molar-refractivity contribution in [2.24, 2.45) is 0 Å². The minimum Gasteiger partial charge on any atom is -0.379 e. The van der Waals surface area contributed by atoms with E-state index in [1.54, 1.807) is 6.20 Å². The van der Waals surface area contributed by atoms with E-state index in [1.807, 2.05) is 39.1 Å². The molecule has 0 aliphatic carbocycles. The molecule has 1 aromatic carbocycles. The lowest BCUT2D eigenvalue weighted by Gasteiger charge is -2.06. The minimum absolute atomic E-state index is 0.121. The first-order valence-corrected chi connectivity index (χ1v) is 6.44. The maximum Gasteiger partial charge on any atom is 0.257 e. The van der Waals surface area contributed by atoms with Crippen molar-refractivity contribution in [1.82, 2.24) is 4.98 Å². The van der Waals surface area contributed by atoms with Gasteiger partial charge in [-0.3, -0.25) is 10.1 Å². The molecule has 2 rings (SSSR count). The van der Waals surface area contributed by atoms with Gasteiger partial charge in [-0.05, 0) is 25.5 Å². The molecule has 0 unspecified atom stereocenters. The molecule has 0 bridgehead atoms. The summed E-state index contributed by atoms with van der Waals surface area (Å²) >= 11 is 1.41. The van der Waals surface area contributed by atoms with Crippen molar-refractivity contribution in [2.75, 3.05) is 17.7 Å². The number of thiazole rings is 1. The van der Waals surface area contributed by atoms with Crippen LogP contribution in [-0.2, 0) is 0 Å². The summed E-state index contributed by atoms with van der Waals surface area (Å²) in [6, 6.07) is 5.77. The largest absolute Gasteiger partial charge is 0.379 e. The zero-order chi connectivity index (χ0) is 13.1. The summed E-state index contributed by atoms with van der Waals surface area (Å²) in [5, 5.41) is 7.31. The molecule has 94 valence electrons. The summed E-state index contributed by atoms with van der Waals surface area (Å²) in [4.78, 5) is 16.2. The number of aryl methyl sites for hydroxylation is 2. The molecular weight excluding hydrogens is 246 g/mol. The lowest BCUT2D eigenvalue weighted by atomic mass is 10.1. The number of hydrogen-bond donors (Lipinski definition) is 2. The first kappa shape index (κ1) is 12.6. The van der Waals surface area contributed by atoms with Crippen molar-refractivity contribution in [2.45, 2.75) is 13.8 Å². The van der Waals surface area contributed by atoms with Crippen LogP contribution in [0.5, 0.6) is 0 Å². The van der Waals surface area contributed by atoms with Crippen molar-refractivity contribution >= 4 is 27.4 Å². The number of nitrogens with one attached hydrogen (secondary N) is 2. The van der Waals surface area contributed by atoms with Crippen molar-refractivity contribution in [1.29, 1.82) is 0 Å². The minimum atomic E-state index is -0.121. The van der Waals surface area contributed by atoms with E-state index in [1.165, 1.54) is 11.3 Å². The maximum atomic E-state index is 12.1. The molecule has 4 nitrogen and oxygen atoms in total. The van der Waals surface area contributed by atoms with E-state index >= 15 is 0 Å². The number of benzene rings is 1. The maximum absolute atomic E-state index is 12.1. The van der Waals surface area contributed by atoms with Crippen LogP contribution < -0.4 is 10.6 Å². The van der Waals surface area contributed by atoms with Crippen LogP contribution >= 0.6 is 11.3 Å². The number of hydrogen-bond acceptors (Lipinski definition) is 4. The predicted molar refractivity (Wildman–Crippen MR) is 75.5 cm³/mol. The fourth-order valence-corrected chi connectivity index (χ4v) is 2.35. The molecule has 1 amide bonds. The first-order valence-electron chi connectivity index (χ1n) is 5.62. The molecule has 1 heterocycles. The molecule has 0 radical (unpaired) electrons. The van der Waals surface area contributed by atoms with Gasteiger partial charge in [-0.25, -0.2) is 4.98 Å². The van der Waals surface area contributed by atoms with Gasteiger partial charge in [0.1, 0.15) is 5.00 Å². The highest BCUT2D eigenvalue weighted by Crippen LogP contribution is 2.23. The Morgan fingerprint density at radius 2 is 2.11 bits per heavy atom. The van der Waals surface area contributed by atoms with Gasteiger partial charge in [-0.1, -0.05) is 29.0 Å². The van der Waals surface area contributed by atoms with Gasteiger partial charge in [-0.15, -0.1) is 0 Å². The number of carbonyl (C=O) groups excluding carboxylic acids is 1. The van der Waals surface area contributed by atoms with Crippen LogP contribution in [0.15, 0.2) is 24.4 Å². The van der Waals surface area contributed by atoms with Gasteiger partial charge in [-0.2, -0.15) is 0 Å². The molecule has 0 aliphatic rings. The van der Waals surface area contributed by atoms with E-state index in [-0.39, 0.29) is 5.91 Å². The number of nitrogens with zero attached hydrogens (tertiary/aromatic N) is 1. The number of anilines is 2. The van der Waals surface area contributed by atoms with E-state index in [9.17, 15) is 4.79 Å². The van der Waals surface area contributed by atoms with E-state index in [0.29, 0.717) is 10.7 Å². The van der Waals surface area contributed by atoms with Gasteiger partial charge in [0.2, 0.25) is 0 Å². The monoisotopic (exact) mass is 261 g/mol. The van der Waals surface area contributed by atoms with Crippen molar-refractivity contribution in [3.05, 3.63) is 41.1 Å². The predicted octanol–water partition coefficient (Wildman–Crippen LogP) is 3.05. The highest BCUT2D eigenvalue weighted by atomic mass is 32.1. The zero-order valence-electron chi connectivity index (χ0n) is 10.6. The molecular formula is C13H15N3OS. The third-order valence-corrected chi connectivity index (χ3v) is 3.53. The molecule has 5 heteroatoms. The van der Waals surface area contributed by atoms with Gasteiger partial charge in [0, 0.05) is 12.6 Å². The third kappa shape index (κ3) is 2.68. The molecule has 0 aliphatic heterocycles. The van der Waals surface area contributed by atoms with Gasteiger partial charge in [0.05, 0.1) is 6.20 Å². The van der Waals surface area contributed by atoms with Crippen LogP contribution in [0.25, 0.3) is 0 Å². The highest BCUT2D eigenvalue weighted by Gasteiger charge is 2.11. The average Bonchev–Trinajstić information content (AvgIpc) is 2.76. The second kappa shape index (κ2) is 5.18. The van der Waals surface area contributed by atoms with Crippen LogP contribution in [0.2, 0.25) is 0 Å². The second-order valence-electron chi connectivity index (χ2n) is 4.05.